The van der Waals surface area contributed by atoms with Crippen molar-refractivity contribution in [2.45, 2.75) is 51.9 Å². The Morgan fingerprint density at radius 2 is 1.59 bits per heavy atom. The Hall–Kier alpha value is -2.04. The minimum Gasteiger partial charge on any atom is -0.493 e. The van der Waals surface area contributed by atoms with E-state index in [-0.39, 0.29) is 0 Å². The van der Waals surface area contributed by atoms with Crippen molar-refractivity contribution in [2.24, 2.45) is 0 Å². The summed E-state index contributed by atoms with van der Waals surface area (Å²) in [6.45, 7) is 8.65. The molecule has 0 aliphatic heterocycles. The zero-order valence-electron chi connectivity index (χ0n) is 13.8. The van der Waals surface area contributed by atoms with Crippen molar-refractivity contribution in [1.29, 1.82) is 0 Å². The summed E-state index contributed by atoms with van der Waals surface area (Å²) >= 11 is 0. The molecule has 5 nitrogen and oxygen atoms in total. The van der Waals surface area contributed by atoms with Gasteiger partial charge < -0.3 is 14.9 Å². The second kappa shape index (κ2) is 6.38. The average Bonchev–Trinajstić information content (AvgIpc) is 2.44. The highest BCUT2D eigenvalue weighted by Crippen LogP contribution is 2.40. The van der Waals surface area contributed by atoms with Crippen LogP contribution in [-0.4, -0.2) is 28.8 Å². The number of hydrogen-bond donors (Lipinski definition) is 2. The summed E-state index contributed by atoms with van der Waals surface area (Å²) in [4.78, 5) is 23.3. The number of carbonyl (C=O) groups is 2. The summed E-state index contributed by atoms with van der Waals surface area (Å²) in [6.07, 6.45) is 0.777. The second-order valence-electron chi connectivity index (χ2n) is 6.39. The van der Waals surface area contributed by atoms with Crippen LogP contribution >= 0.6 is 0 Å². The standard InChI is InChI=1S/C17H24O5/c1-6-10-22-12-9-7-8-11(16(2,3)14(18)19)13(12)17(4,5)15(20)21/h7-9H,6,10H2,1-5H3,(H,18,19)(H,20,21). The molecule has 0 radical (unpaired) electrons. The van der Waals surface area contributed by atoms with Crippen molar-refractivity contribution in [3.8, 4) is 5.75 Å². The lowest BCUT2D eigenvalue weighted by atomic mass is 9.73. The molecule has 0 saturated heterocycles. The molecular formula is C17H24O5. The highest BCUT2D eigenvalue weighted by Gasteiger charge is 2.41. The normalized spacial score (nSPS) is 12.0. The quantitative estimate of drug-likeness (QED) is 0.808. The fourth-order valence-electron chi connectivity index (χ4n) is 2.25. The van der Waals surface area contributed by atoms with Gasteiger partial charge in [-0.1, -0.05) is 19.1 Å². The molecule has 1 aromatic carbocycles. The first-order chi connectivity index (χ1) is 10.1. The van der Waals surface area contributed by atoms with Crippen LogP contribution in [0.25, 0.3) is 0 Å². The highest BCUT2D eigenvalue weighted by atomic mass is 16.5. The lowest BCUT2D eigenvalue weighted by molar-refractivity contribution is -0.144. The number of ether oxygens (including phenoxy) is 1. The smallest absolute Gasteiger partial charge is 0.313 e. The minimum atomic E-state index is -1.26. The number of aliphatic carboxylic acids is 2. The maximum atomic E-state index is 11.7. The number of benzene rings is 1. The molecule has 0 fully saturated rings. The highest BCUT2D eigenvalue weighted by molar-refractivity contribution is 5.86. The largest absolute Gasteiger partial charge is 0.493 e. The third-order valence-corrected chi connectivity index (χ3v) is 3.86. The predicted molar refractivity (Wildman–Crippen MR) is 83.6 cm³/mol. The van der Waals surface area contributed by atoms with Crippen molar-refractivity contribution >= 4 is 11.9 Å². The van der Waals surface area contributed by atoms with Gasteiger partial charge in [0.2, 0.25) is 0 Å². The molecule has 5 heteroatoms. The van der Waals surface area contributed by atoms with Gasteiger partial charge >= 0.3 is 11.9 Å². The number of carboxylic acid groups (broad SMARTS) is 2. The molecule has 0 spiro atoms. The van der Waals surface area contributed by atoms with E-state index in [9.17, 15) is 19.8 Å². The summed E-state index contributed by atoms with van der Waals surface area (Å²) in [5, 5.41) is 19.1. The number of carboxylic acids is 2. The molecule has 0 bridgehead atoms. The molecule has 0 amide bonds. The Morgan fingerprint density at radius 1 is 1.05 bits per heavy atom. The topological polar surface area (TPSA) is 83.8 Å². The minimum absolute atomic E-state index is 0.420. The van der Waals surface area contributed by atoms with Crippen LogP contribution in [0.1, 0.15) is 52.2 Å². The number of hydrogen-bond acceptors (Lipinski definition) is 3. The van der Waals surface area contributed by atoms with Crippen LogP contribution in [0.2, 0.25) is 0 Å². The van der Waals surface area contributed by atoms with E-state index in [1.54, 1.807) is 45.9 Å². The summed E-state index contributed by atoms with van der Waals surface area (Å²) in [7, 11) is 0. The van der Waals surface area contributed by atoms with Crippen LogP contribution in [0, 0.1) is 0 Å². The number of rotatable bonds is 7. The molecule has 22 heavy (non-hydrogen) atoms. The Balaban J connectivity index is 3.65. The van der Waals surface area contributed by atoms with Gasteiger partial charge in [-0.15, -0.1) is 0 Å². The molecule has 0 saturated carbocycles. The maximum Gasteiger partial charge on any atom is 0.313 e. The zero-order chi connectivity index (χ0) is 17.1. The van der Waals surface area contributed by atoms with E-state index in [2.05, 4.69) is 0 Å². The first-order valence-electron chi connectivity index (χ1n) is 7.30. The summed E-state index contributed by atoms with van der Waals surface area (Å²) < 4.78 is 5.68. The Morgan fingerprint density at radius 3 is 2.05 bits per heavy atom. The average molecular weight is 308 g/mol. The van der Waals surface area contributed by atoms with Crippen LogP contribution in [0.3, 0.4) is 0 Å². The zero-order valence-corrected chi connectivity index (χ0v) is 13.8. The Kier molecular flexibility index (Phi) is 5.22. The van der Waals surface area contributed by atoms with E-state index < -0.39 is 22.8 Å². The van der Waals surface area contributed by atoms with Crippen molar-refractivity contribution < 1.29 is 24.5 Å². The van der Waals surface area contributed by atoms with Crippen LogP contribution in [-0.2, 0) is 20.4 Å². The fraction of sp³-hybridized carbons (Fsp3) is 0.529. The van der Waals surface area contributed by atoms with E-state index in [1.807, 2.05) is 6.92 Å². The first kappa shape index (κ1) is 18.0. The van der Waals surface area contributed by atoms with Crippen LogP contribution in [0.5, 0.6) is 5.75 Å². The third kappa shape index (κ3) is 3.24. The lowest BCUT2D eigenvalue weighted by Gasteiger charge is -2.31. The molecule has 0 aromatic heterocycles. The van der Waals surface area contributed by atoms with E-state index in [1.165, 1.54) is 0 Å². The predicted octanol–water partition coefficient (Wildman–Crippen LogP) is 3.20. The van der Waals surface area contributed by atoms with Crippen LogP contribution in [0.15, 0.2) is 18.2 Å². The van der Waals surface area contributed by atoms with Gasteiger partial charge in [-0.3, -0.25) is 9.59 Å². The molecule has 0 atom stereocenters. The van der Waals surface area contributed by atoms with Crippen molar-refractivity contribution in [3.63, 3.8) is 0 Å². The third-order valence-electron chi connectivity index (χ3n) is 3.86. The van der Waals surface area contributed by atoms with Crippen molar-refractivity contribution in [1.82, 2.24) is 0 Å². The van der Waals surface area contributed by atoms with Gasteiger partial charge in [0.15, 0.2) is 0 Å². The van der Waals surface area contributed by atoms with E-state index in [0.717, 1.165) is 6.42 Å². The lowest BCUT2D eigenvalue weighted by Crippen LogP contribution is -2.36. The molecule has 1 rings (SSSR count). The van der Waals surface area contributed by atoms with Crippen molar-refractivity contribution in [3.05, 3.63) is 29.3 Å². The van der Waals surface area contributed by atoms with Gasteiger partial charge in [-0.2, -0.15) is 0 Å². The molecular weight excluding hydrogens is 284 g/mol. The Labute approximate surface area is 130 Å². The molecule has 1 aromatic rings. The maximum absolute atomic E-state index is 11.7. The van der Waals surface area contributed by atoms with Gasteiger partial charge in [0.1, 0.15) is 5.75 Å². The van der Waals surface area contributed by atoms with E-state index in [0.29, 0.717) is 23.5 Å². The van der Waals surface area contributed by atoms with E-state index >= 15 is 0 Å². The summed E-state index contributed by atoms with van der Waals surface area (Å²) in [6, 6.07) is 5.05. The molecule has 0 unspecified atom stereocenters. The summed E-state index contributed by atoms with van der Waals surface area (Å²) in [5.74, 6) is -1.61. The van der Waals surface area contributed by atoms with Crippen LogP contribution < -0.4 is 4.74 Å². The first-order valence-corrected chi connectivity index (χ1v) is 7.30. The Bertz CT molecular complexity index is 572. The molecule has 2 N–H and O–H groups in total. The summed E-state index contributed by atoms with van der Waals surface area (Å²) in [5.41, 5.74) is -1.59. The van der Waals surface area contributed by atoms with E-state index in [4.69, 9.17) is 4.74 Å². The molecule has 122 valence electrons. The van der Waals surface area contributed by atoms with Gasteiger partial charge in [0.25, 0.3) is 0 Å². The van der Waals surface area contributed by atoms with Crippen molar-refractivity contribution in [2.75, 3.05) is 6.61 Å². The SMILES string of the molecule is CCCOc1cccc(C(C)(C)C(=O)O)c1C(C)(C)C(=O)O. The van der Waals surface area contributed by atoms with Gasteiger partial charge in [-0.25, -0.2) is 0 Å². The second-order valence-corrected chi connectivity index (χ2v) is 6.39. The monoisotopic (exact) mass is 308 g/mol. The van der Waals surface area contributed by atoms with Crippen LogP contribution in [0.4, 0.5) is 0 Å². The van der Waals surface area contributed by atoms with Gasteiger partial charge in [0.05, 0.1) is 17.4 Å². The molecule has 0 heterocycles. The molecule has 0 aliphatic rings. The molecule has 0 aliphatic carbocycles. The van der Waals surface area contributed by atoms with Gasteiger partial charge in [-0.05, 0) is 45.7 Å². The van der Waals surface area contributed by atoms with Gasteiger partial charge in [0, 0.05) is 5.56 Å². The fourth-order valence-corrected chi connectivity index (χ4v) is 2.25.